The van der Waals surface area contributed by atoms with Gasteiger partial charge in [-0.05, 0) is 42.8 Å². The Morgan fingerprint density at radius 3 is 2.46 bits per heavy atom. The van der Waals surface area contributed by atoms with Crippen molar-refractivity contribution in [1.82, 2.24) is 4.98 Å². The molecule has 0 aliphatic rings. The molecule has 0 atom stereocenters. The number of hydrogen-bond acceptors (Lipinski definition) is 3. The van der Waals surface area contributed by atoms with Crippen molar-refractivity contribution in [3.63, 3.8) is 0 Å². The summed E-state index contributed by atoms with van der Waals surface area (Å²) in [5.74, 6) is -0.0854. The second kappa shape index (κ2) is 7.45. The van der Waals surface area contributed by atoms with Gasteiger partial charge in [-0.2, -0.15) is 0 Å². The van der Waals surface area contributed by atoms with Crippen LogP contribution in [-0.2, 0) is 0 Å². The summed E-state index contributed by atoms with van der Waals surface area (Å²) in [6, 6.07) is 15.8. The van der Waals surface area contributed by atoms with Crippen LogP contribution in [0, 0.1) is 6.92 Å². The number of anilines is 1. The predicted molar refractivity (Wildman–Crippen MR) is 103 cm³/mol. The van der Waals surface area contributed by atoms with Crippen molar-refractivity contribution in [3.8, 4) is 17.0 Å². The van der Waals surface area contributed by atoms with Gasteiger partial charge < -0.3 is 15.0 Å². The van der Waals surface area contributed by atoms with Crippen molar-refractivity contribution in [3.05, 3.63) is 81.1 Å². The van der Waals surface area contributed by atoms with Crippen molar-refractivity contribution in [2.75, 3.05) is 12.4 Å². The first-order valence-electron chi connectivity index (χ1n) is 7.93. The molecule has 3 rings (SSSR count). The molecule has 1 amide bonds. The molecule has 0 saturated carbocycles. The van der Waals surface area contributed by atoms with E-state index in [-0.39, 0.29) is 5.56 Å². The number of carbonyl (C=O) groups is 1. The lowest BCUT2D eigenvalue weighted by Crippen LogP contribution is -2.23. The molecule has 2 N–H and O–H groups in total. The summed E-state index contributed by atoms with van der Waals surface area (Å²) in [7, 11) is 1.49. The van der Waals surface area contributed by atoms with E-state index < -0.39 is 11.5 Å². The Hall–Kier alpha value is -3.05. The fourth-order valence-corrected chi connectivity index (χ4v) is 2.69. The number of amides is 1. The van der Waals surface area contributed by atoms with Gasteiger partial charge in [0.05, 0.1) is 12.8 Å². The Morgan fingerprint density at radius 2 is 1.81 bits per heavy atom. The number of pyridine rings is 1. The van der Waals surface area contributed by atoms with Crippen LogP contribution in [0.2, 0.25) is 5.02 Å². The van der Waals surface area contributed by atoms with Gasteiger partial charge in [0.1, 0.15) is 11.3 Å². The van der Waals surface area contributed by atoms with E-state index in [1.165, 1.54) is 13.2 Å². The molecule has 26 heavy (non-hydrogen) atoms. The van der Waals surface area contributed by atoms with Crippen LogP contribution in [0.4, 0.5) is 5.69 Å². The number of aryl methyl sites for hydroxylation is 1. The molecule has 0 spiro atoms. The molecule has 0 aliphatic heterocycles. The third-order valence-electron chi connectivity index (χ3n) is 3.93. The normalized spacial score (nSPS) is 10.4. The third-order valence-corrected chi connectivity index (χ3v) is 4.16. The molecule has 0 unspecified atom stereocenters. The van der Waals surface area contributed by atoms with E-state index in [9.17, 15) is 9.59 Å². The molecule has 3 aromatic rings. The summed E-state index contributed by atoms with van der Waals surface area (Å²) in [4.78, 5) is 27.6. The van der Waals surface area contributed by atoms with Crippen molar-refractivity contribution in [1.29, 1.82) is 0 Å². The summed E-state index contributed by atoms with van der Waals surface area (Å²) in [5.41, 5.74) is 2.57. The Bertz CT molecular complexity index is 1010. The van der Waals surface area contributed by atoms with E-state index in [0.29, 0.717) is 22.2 Å². The Balaban J connectivity index is 1.88. The molecule has 1 aromatic heterocycles. The van der Waals surface area contributed by atoms with Gasteiger partial charge in [0.2, 0.25) is 0 Å². The van der Waals surface area contributed by atoms with Crippen LogP contribution >= 0.6 is 11.6 Å². The number of methoxy groups -OCH3 is 1. The van der Waals surface area contributed by atoms with Gasteiger partial charge in [0.25, 0.3) is 11.5 Å². The van der Waals surface area contributed by atoms with Crippen molar-refractivity contribution in [2.45, 2.75) is 6.92 Å². The minimum absolute atomic E-state index is 0.00268. The van der Waals surface area contributed by atoms with Crippen molar-refractivity contribution in [2.24, 2.45) is 0 Å². The minimum Gasteiger partial charge on any atom is -0.495 e. The zero-order valence-corrected chi connectivity index (χ0v) is 15.1. The standard InChI is InChI=1S/C20H17ClN2O3/c1-12-3-5-13(6-4-12)16-9-8-15(19(24)22-16)20(25)23-17-11-14(21)7-10-18(17)26-2/h3-11H,1-2H3,(H,22,24)(H,23,25). The number of rotatable bonds is 4. The van der Waals surface area contributed by atoms with Crippen LogP contribution in [0.5, 0.6) is 5.75 Å². The van der Waals surface area contributed by atoms with Crippen molar-refractivity contribution >= 4 is 23.2 Å². The Morgan fingerprint density at radius 1 is 1.08 bits per heavy atom. The molecule has 2 aromatic carbocycles. The first-order chi connectivity index (χ1) is 12.5. The summed E-state index contributed by atoms with van der Waals surface area (Å²) in [6.07, 6.45) is 0. The lowest BCUT2D eigenvalue weighted by Gasteiger charge is -2.10. The molecule has 5 nitrogen and oxygen atoms in total. The maximum Gasteiger partial charge on any atom is 0.261 e. The SMILES string of the molecule is COc1ccc(Cl)cc1NC(=O)c1ccc(-c2ccc(C)cc2)[nH]c1=O. The van der Waals surface area contributed by atoms with Gasteiger partial charge in [-0.25, -0.2) is 0 Å². The number of benzene rings is 2. The highest BCUT2D eigenvalue weighted by Crippen LogP contribution is 2.28. The highest BCUT2D eigenvalue weighted by Gasteiger charge is 2.14. The van der Waals surface area contributed by atoms with Gasteiger partial charge >= 0.3 is 0 Å². The van der Waals surface area contributed by atoms with E-state index in [0.717, 1.165) is 11.1 Å². The zero-order valence-electron chi connectivity index (χ0n) is 14.3. The smallest absolute Gasteiger partial charge is 0.261 e. The van der Waals surface area contributed by atoms with Crippen LogP contribution in [0.15, 0.2) is 59.4 Å². The maximum absolute atomic E-state index is 12.5. The molecular formula is C20H17ClN2O3. The number of halogens is 1. The summed E-state index contributed by atoms with van der Waals surface area (Å²) in [5, 5.41) is 3.11. The molecule has 0 saturated heterocycles. The second-order valence-electron chi connectivity index (χ2n) is 5.78. The van der Waals surface area contributed by atoms with Crippen molar-refractivity contribution < 1.29 is 9.53 Å². The summed E-state index contributed by atoms with van der Waals surface area (Å²) >= 11 is 5.96. The molecule has 0 fully saturated rings. The number of aromatic nitrogens is 1. The van der Waals surface area contributed by atoms with Gasteiger partial charge in [-0.3, -0.25) is 9.59 Å². The first-order valence-corrected chi connectivity index (χ1v) is 8.31. The van der Waals surface area contributed by atoms with E-state index in [1.807, 2.05) is 31.2 Å². The van der Waals surface area contributed by atoms with Crippen LogP contribution in [0.3, 0.4) is 0 Å². The number of aromatic amines is 1. The van der Waals surface area contributed by atoms with E-state index in [4.69, 9.17) is 16.3 Å². The number of H-pyrrole nitrogens is 1. The van der Waals surface area contributed by atoms with E-state index in [2.05, 4.69) is 10.3 Å². The van der Waals surface area contributed by atoms with E-state index in [1.54, 1.807) is 24.3 Å². The molecule has 0 radical (unpaired) electrons. The molecular weight excluding hydrogens is 352 g/mol. The Kier molecular flexibility index (Phi) is 5.09. The second-order valence-corrected chi connectivity index (χ2v) is 6.22. The fraction of sp³-hybridized carbons (Fsp3) is 0.100. The maximum atomic E-state index is 12.5. The highest BCUT2D eigenvalue weighted by molar-refractivity contribution is 6.31. The van der Waals surface area contributed by atoms with Gasteiger partial charge in [0.15, 0.2) is 0 Å². The van der Waals surface area contributed by atoms with E-state index >= 15 is 0 Å². The predicted octanol–water partition coefficient (Wildman–Crippen LogP) is 4.26. The fourth-order valence-electron chi connectivity index (χ4n) is 2.52. The lowest BCUT2D eigenvalue weighted by molar-refractivity contribution is 0.102. The van der Waals surface area contributed by atoms with Crippen LogP contribution in [0.1, 0.15) is 15.9 Å². The van der Waals surface area contributed by atoms with Crippen LogP contribution in [-0.4, -0.2) is 18.0 Å². The third kappa shape index (κ3) is 3.78. The molecule has 6 heteroatoms. The zero-order chi connectivity index (χ0) is 18.7. The molecule has 0 bridgehead atoms. The van der Waals surface area contributed by atoms with Gasteiger partial charge in [-0.15, -0.1) is 0 Å². The number of hydrogen-bond donors (Lipinski definition) is 2. The molecule has 132 valence electrons. The van der Waals surface area contributed by atoms with Gasteiger partial charge in [-0.1, -0.05) is 41.4 Å². The van der Waals surface area contributed by atoms with Crippen LogP contribution in [0.25, 0.3) is 11.3 Å². The minimum atomic E-state index is -0.540. The number of nitrogens with one attached hydrogen (secondary N) is 2. The summed E-state index contributed by atoms with van der Waals surface area (Å²) in [6.45, 7) is 1.99. The summed E-state index contributed by atoms with van der Waals surface area (Å²) < 4.78 is 5.19. The Labute approximate surface area is 155 Å². The highest BCUT2D eigenvalue weighted by atomic mass is 35.5. The largest absolute Gasteiger partial charge is 0.495 e. The van der Waals surface area contributed by atoms with Gasteiger partial charge in [0, 0.05) is 10.7 Å². The molecule has 0 aliphatic carbocycles. The number of carbonyl (C=O) groups excluding carboxylic acids is 1. The average Bonchev–Trinajstić information content (AvgIpc) is 2.62. The monoisotopic (exact) mass is 368 g/mol. The lowest BCUT2D eigenvalue weighted by atomic mass is 10.1. The average molecular weight is 369 g/mol. The quantitative estimate of drug-likeness (QED) is 0.722. The van der Waals surface area contributed by atoms with Crippen LogP contribution < -0.4 is 15.6 Å². The first kappa shape index (κ1) is 17.8. The molecule has 1 heterocycles. The number of ether oxygens (including phenoxy) is 1. The topological polar surface area (TPSA) is 71.2 Å².